The van der Waals surface area contributed by atoms with Gasteiger partial charge in [-0.3, -0.25) is 4.79 Å². The van der Waals surface area contributed by atoms with E-state index in [1.54, 1.807) is 0 Å². The molecule has 0 spiro atoms. The molecule has 0 fully saturated rings. The third-order valence-electron chi connectivity index (χ3n) is 3.27. The molecule has 0 bridgehead atoms. The van der Waals surface area contributed by atoms with Crippen LogP contribution in [0.5, 0.6) is 0 Å². The van der Waals surface area contributed by atoms with Crippen molar-refractivity contribution in [3.63, 3.8) is 0 Å². The second-order valence-corrected chi connectivity index (χ2v) is 4.66. The number of para-hydroxylation sites is 1. The van der Waals surface area contributed by atoms with E-state index in [0.717, 1.165) is 24.0 Å². The topological polar surface area (TPSA) is 63.3 Å². The maximum atomic E-state index is 11.4. The predicted octanol–water partition coefficient (Wildman–Crippen LogP) is 3.18. The van der Waals surface area contributed by atoms with Crippen molar-refractivity contribution in [2.75, 3.05) is 5.73 Å². The van der Waals surface area contributed by atoms with Crippen LogP contribution in [0.3, 0.4) is 0 Å². The minimum atomic E-state index is -0.789. The number of carboxylic acids is 1. The van der Waals surface area contributed by atoms with Crippen molar-refractivity contribution in [3.8, 4) is 0 Å². The van der Waals surface area contributed by atoms with Crippen molar-refractivity contribution < 1.29 is 9.90 Å². The number of hydrogen-bond acceptors (Lipinski definition) is 2. The molecule has 0 amide bonds. The Morgan fingerprint density at radius 1 is 1.47 bits per heavy atom. The smallest absolute Gasteiger partial charge is 0.311 e. The van der Waals surface area contributed by atoms with Crippen LogP contribution >= 0.6 is 0 Å². The highest BCUT2D eigenvalue weighted by Crippen LogP contribution is 2.33. The zero-order chi connectivity index (χ0) is 13.0. The van der Waals surface area contributed by atoms with E-state index in [9.17, 15) is 9.90 Å². The van der Waals surface area contributed by atoms with Crippen molar-refractivity contribution in [2.24, 2.45) is 5.92 Å². The number of nitrogen functional groups attached to an aromatic ring is 1. The first-order valence-corrected chi connectivity index (χ1v) is 6.06. The molecular formula is C14H21NO2. The van der Waals surface area contributed by atoms with E-state index in [2.05, 4.69) is 6.92 Å². The van der Waals surface area contributed by atoms with Gasteiger partial charge >= 0.3 is 5.97 Å². The van der Waals surface area contributed by atoms with Crippen molar-refractivity contribution in [3.05, 3.63) is 29.3 Å². The molecule has 2 atom stereocenters. The van der Waals surface area contributed by atoms with Gasteiger partial charge in [0.1, 0.15) is 0 Å². The van der Waals surface area contributed by atoms with E-state index in [1.165, 1.54) is 0 Å². The van der Waals surface area contributed by atoms with E-state index in [4.69, 9.17) is 5.73 Å². The summed E-state index contributed by atoms with van der Waals surface area (Å²) in [5.41, 5.74) is 8.30. The van der Waals surface area contributed by atoms with Gasteiger partial charge in [-0.05, 0) is 30.4 Å². The number of benzene rings is 1. The Morgan fingerprint density at radius 3 is 2.65 bits per heavy atom. The average Bonchev–Trinajstić information content (AvgIpc) is 2.24. The Labute approximate surface area is 103 Å². The van der Waals surface area contributed by atoms with Gasteiger partial charge in [0.2, 0.25) is 0 Å². The van der Waals surface area contributed by atoms with Gasteiger partial charge in [-0.15, -0.1) is 0 Å². The summed E-state index contributed by atoms with van der Waals surface area (Å²) < 4.78 is 0. The van der Waals surface area contributed by atoms with Crippen LogP contribution in [0.25, 0.3) is 0 Å². The normalized spacial score (nSPS) is 14.3. The standard InChI is InChI=1S/C14H21NO2/c1-4-6-9(2)12(14(16)17)11-8-5-7-10(3)13(11)15/h5,7-9,12H,4,6,15H2,1-3H3,(H,16,17). The molecule has 0 aliphatic heterocycles. The summed E-state index contributed by atoms with van der Waals surface area (Å²) in [6.45, 7) is 5.95. The maximum absolute atomic E-state index is 11.4. The van der Waals surface area contributed by atoms with Gasteiger partial charge in [-0.2, -0.15) is 0 Å². The van der Waals surface area contributed by atoms with Crippen LogP contribution in [0.15, 0.2) is 18.2 Å². The monoisotopic (exact) mass is 235 g/mol. The lowest BCUT2D eigenvalue weighted by atomic mass is 9.83. The Morgan fingerprint density at radius 2 is 2.12 bits per heavy atom. The number of hydrogen-bond donors (Lipinski definition) is 2. The summed E-state index contributed by atoms with van der Waals surface area (Å²) in [6.07, 6.45) is 1.88. The molecular weight excluding hydrogens is 214 g/mol. The van der Waals surface area contributed by atoms with Crippen LogP contribution in [-0.4, -0.2) is 11.1 Å². The Kier molecular flexibility index (Phi) is 4.55. The lowest BCUT2D eigenvalue weighted by Crippen LogP contribution is -2.21. The van der Waals surface area contributed by atoms with E-state index in [0.29, 0.717) is 5.69 Å². The lowest BCUT2D eigenvalue weighted by Gasteiger charge is -2.22. The fourth-order valence-electron chi connectivity index (χ4n) is 2.28. The fraction of sp³-hybridized carbons (Fsp3) is 0.500. The van der Waals surface area contributed by atoms with Crippen LogP contribution in [0, 0.1) is 12.8 Å². The molecule has 2 unspecified atom stereocenters. The van der Waals surface area contributed by atoms with Crippen LogP contribution in [0.1, 0.15) is 43.7 Å². The summed E-state index contributed by atoms with van der Waals surface area (Å²) in [4.78, 5) is 11.4. The van der Waals surface area contributed by atoms with Crippen molar-refractivity contribution in [2.45, 2.75) is 39.5 Å². The predicted molar refractivity (Wildman–Crippen MR) is 70.0 cm³/mol. The summed E-state index contributed by atoms with van der Waals surface area (Å²) >= 11 is 0. The molecule has 0 aromatic heterocycles. The number of carboxylic acid groups (broad SMARTS) is 1. The van der Waals surface area contributed by atoms with Crippen LogP contribution in [0.4, 0.5) is 5.69 Å². The highest BCUT2D eigenvalue weighted by atomic mass is 16.4. The van der Waals surface area contributed by atoms with Gasteiger partial charge in [0.15, 0.2) is 0 Å². The third kappa shape index (κ3) is 2.99. The summed E-state index contributed by atoms with van der Waals surface area (Å²) in [5, 5.41) is 9.38. The fourth-order valence-corrected chi connectivity index (χ4v) is 2.28. The first kappa shape index (κ1) is 13.6. The van der Waals surface area contributed by atoms with Crippen molar-refractivity contribution in [1.29, 1.82) is 0 Å². The molecule has 94 valence electrons. The molecule has 17 heavy (non-hydrogen) atoms. The van der Waals surface area contributed by atoms with E-state index in [1.807, 2.05) is 32.0 Å². The van der Waals surface area contributed by atoms with Crippen LogP contribution < -0.4 is 5.73 Å². The average molecular weight is 235 g/mol. The molecule has 1 aromatic carbocycles. The van der Waals surface area contributed by atoms with Gasteiger partial charge in [-0.1, -0.05) is 38.5 Å². The van der Waals surface area contributed by atoms with Gasteiger partial charge < -0.3 is 10.8 Å². The Balaban J connectivity index is 3.14. The molecule has 0 saturated heterocycles. The summed E-state index contributed by atoms with van der Waals surface area (Å²) in [7, 11) is 0. The first-order valence-electron chi connectivity index (χ1n) is 6.06. The van der Waals surface area contributed by atoms with E-state index in [-0.39, 0.29) is 5.92 Å². The van der Waals surface area contributed by atoms with Gasteiger partial charge in [0, 0.05) is 5.69 Å². The zero-order valence-corrected chi connectivity index (χ0v) is 10.7. The van der Waals surface area contributed by atoms with Crippen LogP contribution in [-0.2, 0) is 4.79 Å². The Bertz CT molecular complexity index is 401. The van der Waals surface area contributed by atoms with Crippen LogP contribution in [0.2, 0.25) is 0 Å². The second-order valence-electron chi connectivity index (χ2n) is 4.66. The first-order chi connectivity index (χ1) is 7.99. The lowest BCUT2D eigenvalue weighted by molar-refractivity contribution is -0.140. The number of aryl methyl sites for hydroxylation is 1. The number of rotatable bonds is 5. The summed E-state index contributed by atoms with van der Waals surface area (Å²) in [5.74, 6) is -1.19. The largest absolute Gasteiger partial charge is 0.481 e. The molecule has 3 nitrogen and oxygen atoms in total. The molecule has 1 aromatic rings. The molecule has 3 heteroatoms. The highest BCUT2D eigenvalue weighted by molar-refractivity contribution is 5.79. The molecule has 0 heterocycles. The van der Waals surface area contributed by atoms with Gasteiger partial charge in [0.05, 0.1) is 5.92 Å². The van der Waals surface area contributed by atoms with Crippen molar-refractivity contribution >= 4 is 11.7 Å². The Hall–Kier alpha value is -1.51. The van der Waals surface area contributed by atoms with Gasteiger partial charge in [0.25, 0.3) is 0 Å². The molecule has 0 aliphatic rings. The quantitative estimate of drug-likeness (QED) is 0.770. The molecule has 0 saturated carbocycles. The van der Waals surface area contributed by atoms with E-state index < -0.39 is 11.9 Å². The van der Waals surface area contributed by atoms with Crippen molar-refractivity contribution in [1.82, 2.24) is 0 Å². The van der Waals surface area contributed by atoms with Gasteiger partial charge in [-0.25, -0.2) is 0 Å². The molecule has 0 aliphatic carbocycles. The number of nitrogens with two attached hydrogens (primary N) is 1. The summed E-state index contributed by atoms with van der Waals surface area (Å²) in [6, 6.07) is 5.60. The maximum Gasteiger partial charge on any atom is 0.311 e. The number of anilines is 1. The molecule has 3 N–H and O–H groups in total. The minimum Gasteiger partial charge on any atom is -0.481 e. The molecule has 1 rings (SSSR count). The number of aliphatic carboxylic acids is 1. The molecule has 0 radical (unpaired) electrons. The third-order valence-corrected chi connectivity index (χ3v) is 3.27. The zero-order valence-electron chi connectivity index (χ0n) is 10.7. The minimum absolute atomic E-state index is 0.0987. The SMILES string of the molecule is CCCC(C)C(C(=O)O)c1cccc(C)c1N. The van der Waals surface area contributed by atoms with E-state index >= 15 is 0 Å². The number of carbonyl (C=O) groups is 1. The highest BCUT2D eigenvalue weighted by Gasteiger charge is 2.27. The second kappa shape index (κ2) is 5.71.